The van der Waals surface area contributed by atoms with Crippen LogP contribution < -0.4 is 4.90 Å². The number of likely N-dealkylation sites (N-methyl/N-ethyl adjacent to an activating group) is 1. The molecule has 1 aromatic heterocycles. The minimum Gasteiger partial charge on any atom is -0.375 e. The lowest BCUT2D eigenvalue weighted by Crippen LogP contribution is -2.40. The second-order valence-corrected chi connectivity index (χ2v) is 5.64. The Kier molecular flexibility index (Phi) is 3.47. The van der Waals surface area contributed by atoms with E-state index < -0.39 is 17.3 Å². The van der Waals surface area contributed by atoms with Gasteiger partial charge in [0.15, 0.2) is 11.4 Å². The summed E-state index contributed by atoms with van der Waals surface area (Å²) >= 11 is 5.96. The van der Waals surface area contributed by atoms with Crippen LogP contribution in [0.5, 0.6) is 0 Å². The number of benzene rings is 1. The number of Topliss-reactive ketones (excluding diaryl/α,β-unsaturated/α-hetero) is 1. The van der Waals surface area contributed by atoms with E-state index in [1.165, 1.54) is 17.2 Å². The van der Waals surface area contributed by atoms with Gasteiger partial charge in [0, 0.05) is 23.8 Å². The molecule has 3 rings (SSSR count). The number of halogens is 1. The number of carbonyl (C=O) groups excluding carboxylic acids is 2. The number of ketones is 1. The van der Waals surface area contributed by atoms with E-state index in [9.17, 15) is 14.7 Å². The van der Waals surface area contributed by atoms with Gasteiger partial charge in [0.25, 0.3) is 5.91 Å². The fourth-order valence-corrected chi connectivity index (χ4v) is 2.83. The molecular weight excluding hydrogens is 304 g/mol. The maximum absolute atomic E-state index is 12.4. The van der Waals surface area contributed by atoms with Crippen LogP contribution in [0.2, 0.25) is 5.02 Å². The highest BCUT2D eigenvalue weighted by molar-refractivity contribution is 6.31. The Morgan fingerprint density at radius 3 is 2.82 bits per heavy atom. The number of carbonyl (C=O) groups is 2. The van der Waals surface area contributed by atoms with Crippen molar-refractivity contribution in [3.05, 3.63) is 58.9 Å². The number of fused-ring (bicyclic) bond motifs is 1. The third-order valence-corrected chi connectivity index (χ3v) is 4.03. The molecule has 1 aliphatic rings. The van der Waals surface area contributed by atoms with Crippen LogP contribution >= 0.6 is 11.6 Å². The van der Waals surface area contributed by atoms with Crippen LogP contribution in [0.1, 0.15) is 22.5 Å². The number of hydrogen-bond acceptors (Lipinski definition) is 4. The van der Waals surface area contributed by atoms with E-state index in [1.54, 1.807) is 37.4 Å². The van der Waals surface area contributed by atoms with Gasteiger partial charge in [-0.15, -0.1) is 0 Å². The molecular formula is C16H13ClN2O3. The number of rotatable bonds is 3. The molecule has 0 spiro atoms. The summed E-state index contributed by atoms with van der Waals surface area (Å²) in [5.41, 5.74) is -0.812. The Labute approximate surface area is 132 Å². The Bertz CT molecular complexity index is 763. The van der Waals surface area contributed by atoms with Crippen LogP contribution in [0.15, 0.2) is 42.6 Å². The molecule has 1 aliphatic heterocycles. The molecule has 6 heteroatoms. The zero-order valence-corrected chi connectivity index (χ0v) is 12.5. The second kappa shape index (κ2) is 5.19. The highest BCUT2D eigenvalue weighted by atomic mass is 35.5. The number of amides is 1. The molecule has 1 atom stereocenters. The predicted octanol–water partition coefficient (Wildman–Crippen LogP) is 2.17. The second-order valence-electron chi connectivity index (χ2n) is 5.20. The van der Waals surface area contributed by atoms with E-state index >= 15 is 0 Å². The monoisotopic (exact) mass is 316 g/mol. The molecule has 2 aromatic rings. The minimum absolute atomic E-state index is 0.210. The zero-order valence-electron chi connectivity index (χ0n) is 11.8. The van der Waals surface area contributed by atoms with Crippen molar-refractivity contribution >= 4 is 29.0 Å². The number of hydrogen-bond donors (Lipinski definition) is 1. The van der Waals surface area contributed by atoms with E-state index in [4.69, 9.17) is 11.6 Å². The lowest BCUT2D eigenvalue weighted by molar-refractivity contribution is -0.135. The molecule has 0 saturated carbocycles. The van der Waals surface area contributed by atoms with Gasteiger partial charge in [-0.2, -0.15) is 0 Å². The maximum Gasteiger partial charge on any atom is 0.263 e. The average Bonchev–Trinajstić information content (AvgIpc) is 2.70. The first-order chi connectivity index (χ1) is 10.4. The molecule has 1 N–H and O–H groups in total. The first kappa shape index (κ1) is 14.7. The van der Waals surface area contributed by atoms with Crippen molar-refractivity contribution < 1.29 is 14.7 Å². The summed E-state index contributed by atoms with van der Waals surface area (Å²) in [5.74, 6) is -0.952. The molecule has 2 heterocycles. The predicted molar refractivity (Wildman–Crippen MR) is 81.9 cm³/mol. The third-order valence-electron chi connectivity index (χ3n) is 3.79. The number of anilines is 1. The summed E-state index contributed by atoms with van der Waals surface area (Å²) in [6, 6.07) is 9.72. The molecule has 1 amide bonds. The van der Waals surface area contributed by atoms with Gasteiger partial charge in [-0.3, -0.25) is 14.6 Å². The van der Waals surface area contributed by atoms with E-state index in [2.05, 4.69) is 4.98 Å². The molecule has 5 nitrogen and oxygen atoms in total. The van der Waals surface area contributed by atoms with Crippen LogP contribution in [-0.2, 0) is 10.4 Å². The first-order valence-corrected chi connectivity index (χ1v) is 7.06. The fourth-order valence-electron chi connectivity index (χ4n) is 2.66. The Morgan fingerprint density at radius 2 is 2.14 bits per heavy atom. The minimum atomic E-state index is -1.91. The van der Waals surface area contributed by atoms with Gasteiger partial charge >= 0.3 is 0 Å². The molecule has 0 aliphatic carbocycles. The summed E-state index contributed by atoms with van der Waals surface area (Å²) in [6.45, 7) is 0. The molecule has 22 heavy (non-hydrogen) atoms. The van der Waals surface area contributed by atoms with Crippen molar-refractivity contribution in [2.75, 3.05) is 11.9 Å². The maximum atomic E-state index is 12.4. The number of nitrogens with zero attached hydrogens (tertiary/aromatic N) is 2. The van der Waals surface area contributed by atoms with Crippen LogP contribution in [0.4, 0.5) is 5.69 Å². The van der Waals surface area contributed by atoms with E-state index in [1.807, 2.05) is 0 Å². The molecule has 1 aromatic carbocycles. The summed E-state index contributed by atoms with van der Waals surface area (Å²) in [4.78, 5) is 30.0. The van der Waals surface area contributed by atoms with Gasteiger partial charge in [0.2, 0.25) is 0 Å². The quantitative estimate of drug-likeness (QED) is 0.881. The van der Waals surface area contributed by atoms with E-state index in [0.717, 1.165) is 0 Å². The van der Waals surface area contributed by atoms with E-state index in [-0.39, 0.29) is 12.1 Å². The van der Waals surface area contributed by atoms with Gasteiger partial charge in [-0.05, 0) is 30.3 Å². The van der Waals surface area contributed by atoms with Crippen molar-refractivity contribution in [2.24, 2.45) is 0 Å². The first-order valence-electron chi connectivity index (χ1n) is 6.68. The van der Waals surface area contributed by atoms with Crippen LogP contribution in [-0.4, -0.2) is 28.8 Å². The number of pyridine rings is 1. The van der Waals surface area contributed by atoms with Crippen molar-refractivity contribution in [3.63, 3.8) is 0 Å². The lowest BCUT2D eigenvalue weighted by Gasteiger charge is -2.21. The van der Waals surface area contributed by atoms with Crippen molar-refractivity contribution in [3.8, 4) is 0 Å². The molecule has 0 bridgehead atoms. The van der Waals surface area contributed by atoms with Crippen molar-refractivity contribution in [2.45, 2.75) is 12.0 Å². The number of aromatic nitrogens is 1. The largest absolute Gasteiger partial charge is 0.375 e. The van der Waals surface area contributed by atoms with Gasteiger partial charge in [0.05, 0.1) is 12.1 Å². The molecule has 0 unspecified atom stereocenters. The van der Waals surface area contributed by atoms with Crippen LogP contribution in [0, 0.1) is 0 Å². The smallest absolute Gasteiger partial charge is 0.263 e. The summed E-state index contributed by atoms with van der Waals surface area (Å²) in [6.07, 6.45) is 1.12. The van der Waals surface area contributed by atoms with Crippen LogP contribution in [0.3, 0.4) is 0 Å². The highest BCUT2D eigenvalue weighted by Crippen LogP contribution is 2.43. The topological polar surface area (TPSA) is 70.5 Å². The average molecular weight is 317 g/mol. The molecule has 112 valence electrons. The lowest BCUT2D eigenvalue weighted by atomic mass is 9.89. The summed E-state index contributed by atoms with van der Waals surface area (Å²) < 4.78 is 0. The van der Waals surface area contributed by atoms with Crippen molar-refractivity contribution in [1.29, 1.82) is 0 Å². The van der Waals surface area contributed by atoms with Gasteiger partial charge in [-0.25, -0.2) is 0 Å². The van der Waals surface area contributed by atoms with Crippen molar-refractivity contribution in [1.82, 2.24) is 4.98 Å². The molecule has 0 saturated heterocycles. The fraction of sp³-hybridized carbons (Fsp3) is 0.188. The Balaban J connectivity index is 2.01. The number of aliphatic hydroxyl groups is 1. The van der Waals surface area contributed by atoms with Gasteiger partial charge in [0.1, 0.15) is 5.69 Å². The van der Waals surface area contributed by atoms with Gasteiger partial charge in [-0.1, -0.05) is 17.7 Å². The SMILES string of the molecule is CN1C(=O)[C@@](O)(CC(=O)c2ccccn2)c2cc(Cl)ccc21. The summed E-state index contributed by atoms with van der Waals surface area (Å²) in [5, 5.41) is 11.2. The summed E-state index contributed by atoms with van der Waals surface area (Å²) in [7, 11) is 1.55. The molecule has 0 radical (unpaired) electrons. The highest BCUT2D eigenvalue weighted by Gasteiger charge is 2.50. The van der Waals surface area contributed by atoms with Gasteiger partial charge < -0.3 is 10.0 Å². The normalized spacial score (nSPS) is 20.1. The Morgan fingerprint density at radius 1 is 1.36 bits per heavy atom. The third kappa shape index (κ3) is 2.19. The van der Waals surface area contributed by atoms with Crippen LogP contribution in [0.25, 0.3) is 0 Å². The van der Waals surface area contributed by atoms with E-state index in [0.29, 0.717) is 16.3 Å². The Hall–Kier alpha value is -2.24. The zero-order chi connectivity index (χ0) is 15.9. The molecule has 0 fully saturated rings. The standard InChI is InChI=1S/C16H13ClN2O3/c1-19-13-6-5-10(17)8-11(13)16(22,15(19)21)9-14(20)12-4-2-3-7-18-12/h2-8,22H,9H2,1H3/t16-/m1/s1.